The zero-order valence-corrected chi connectivity index (χ0v) is 22.2. The van der Waals surface area contributed by atoms with Crippen LogP contribution in [0.15, 0.2) is 28.3 Å². The van der Waals surface area contributed by atoms with Crippen LogP contribution in [0.2, 0.25) is 0 Å². The first-order valence-corrected chi connectivity index (χ1v) is 14.0. The van der Waals surface area contributed by atoms with E-state index in [0.29, 0.717) is 18.7 Å². The minimum atomic E-state index is -0.700. The maximum Gasteiger partial charge on any atom is 0.180 e. The fraction of sp³-hybridized carbons (Fsp3) is 0.560. The van der Waals surface area contributed by atoms with Crippen LogP contribution in [0, 0.1) is 27.6 Å². The molecule has 6 rings (SSSR count). The van der Waals surface area contributed by atoms with Crippen LogP contribution in [0.1, 0.15) is 58.2 Å². The quantitative estimate of drug-likeness (QED) is 0.287. The van der Waals surface area contributed by atoms with Gasteiger partial charge >= 0.3 is 0 Å². The first-order chi connectivity index (χ1) is 17.2. The summed E-state index contributed by atoms with van der Waals surface area (Å²) in [5.41, 5.74) is 1.35. The Labute approximate surface area is 219 Å². The molecule has 2 saturated carbocycles. The molecule has 0 radical (unpaired) electrons. The molecule has 1 spiro atoms. The molecule has 11 heteroatoms. The predicted octanol–water partition coefficient (Wildman–Crippen LogP) is 4.61. The fourth-order valence-corrected chi connectivity index (χ4v) is 6.60. The van der Waals surface area contributed by atoms with Crippen molar-refractivity contribution >= 4 is 50.9 Å². The van der Waals surface area contributed by atoms with E-state index in [9.17, 15) is 5.26 Å². The van der Waals surface area contributed by atoms with Crippen molar-refractivity contribution in [2.24, 2.45) is 10.4 Å². The van der Waals surface area contributed by atoms with Crippen molar-refractivity contribution in [1.82, 2.24) is 14.1 Å². The second-order valence-electron chi connectivity index (χ2n) is 10.7. The number of hydrogen-bond donors (Lipinski definition) is 3. The number of nitrogens with zero attached hydrogens (tertiary/aromatic N) is 5. The number of thioether (sulfide) groups is 1. The van der Waals surface area contributed by atoms with E-state index in [-0.39, 0.29) is 21.2 Å². The number of anilines is 1. The van der Waals surface area contributed by atoms with E-state index >= 15 is 0 Å². The summed E-state index contributed by atoms with van der Waals surface area (Å²) < 4.78 is 11.7. The van der Waals surface area contributed by atoms with Crippen molar-refractivity contribution in [3.05, 3.63) is 24.3 Å². The number of imidazole rings is 1. The average Bonchev–Trinajstić information content (AvgIpc) is 3.75. The van der Waals surface area contributed by atoms with Crippen LogP contribution in [0.3, 0.4) is 0 Å². The highest BCUT2D eigenvalue weighted by atomic mass is 32.2. The molecular formula is C25H30N8OS2. The lowest BCUT2D eigenvalue weighted by atomic mass is 9.91. The molecule has 3 N–H and O–H groups in total. The molecule has 188 valence electrons. The number of fused-ring (bicyclic) bond motifs is 1. The molecule has 4 aliphatic rings. The van der Waals surface area contributed by atoms with Gasteiger partial charge in [0.2, 0.25) is 0 Å². The fourth-order valence-electron chi connectivity index (χ4n) is 4.81. The summed E-state index contributed by atoms with van der Waals surface area (Å²) >= 11 is 2.68. The Kier molecular flexibility index (Phi) is 5.63. The molecular weight excluding hydrogens is 492 g/mol. The van der Waals surface area contributed by atoms with Gasteiger partial charge in [-0.1, -0.05) is 11.8 Å². The molecule has 3 fully saturated rings. The maximum absolute atomic E-state index is 9.45. The van der Waals surface area contributed by atoms with Gasteiger partial charge in [-0.25, -0.2) is 4.98 Å². The number of piperidine rings is 1. The number of rotatable bonds is 6. The van der Waals surface area contributed by atoms with Crippen LogP contribution >= 0.6 is 23.7 Å². The number of ether oxygens (including phenoxy) is 1. The molecule has 2 aromatic rings. The van der Waals surface area contributed by atoms with Gasteiger partial charge in [-0.3, -0.25) is 24.9 Å². The zero-order chi connectivity index (χ0) is 25.1. The summed E-state index contributed by atoms with van der Waals surface area (Å²) in [6.07, 6.45) is 9.42. The summed E-state index contributed by atoms with van der Waals surface area (Å²) in [5, 5.41) is 27.0. The van der Waals surface area contributed by atoms with E-state index in [1.54, 1.807) is 11.9 Å². The standard InChI is InChI=1S/C25H30N8OS2/c1-16-30-15-25(34-16)7-9-32(10-8-25)18-11-17(36-31-23(2)3-4-23)13-33-19(18)12-29-21(33)20(27)35-22(28)24(14-26)5-6-24/h11-13,27-28,31H,3-10,15H2,1-2H3. The molecule has 0 aromatic carbocycles. The van der Waals surface area contributed by atoms with Crippen molar-refractivity contribution in [2.45, 2.75) is 68.4 Å². The Balaban J connectivity index is 1.29. The maximum atomic E-state index is 9.45. The van der Waals surface area contributed by atoms with Crippen LogP contribution in [0.5, 0.6) is 0 Å². The minimum Gasteiger partial charge on any atom is -0.473 e. The summed E-state index contributed by atoms with van der Waals surface area (Å²) in [7, 11) is 0. The summed E-state index contributed by atoms with van der Waals surface area (Å²) in [6.45, 7) is 6.63. The van der Waals surface area contributed by atoms with Crippen molar-refractivity contribution in [2.75, 3.05) is 24.5 Å². The third-order valence-corrected chi connectivity index (χ3v) is 9.82. The van der Waals surface area contributed by atoms with E-state index in [1.807, 2.05) is 23.7 Å². The van der Waals surface area contributed by atoms with Gasteiger partial charge in [0.25, 0.3) is 0 Å². The van der Waals surface area contributed by atoms with Gasteiger partial charge < -0.3 is 9.64 Å². The van der Waals surface area contributed by atoms with Gasteiger partial charge in [0.05, 0.1) is 35.1 Å². The molecule has 0 atom stereocenters. The number of pyridine rings is 1. The van der Waals surface area contributed by atoms with Crippen molar-refractivity contribution < 1.29 is 4.74 Å². The number of hydrogen-bond acceptors (Lipinski definition) is 10. The molecule has 9 nitrogen and oxygen atoms in total. The lowest BCUT2D eigenvalue weighted by Crippen LogP contribution is -2.46. The molecule has 0 bridgehead atoms. The molecule has 2 aromatic heterocycles. The van der Waals surface area contributed by atoms with Crippen LogP contribution in [-0.2, 0) is 4.74 Å². The van der Waals surface area contributed by atoms with Crippen LogP contribution in [-0.4, -0.2) is 56.1 Å². The number of nitrogens with one attached hydrogen (secondary N) is 3. The SMILES string of the molecule is CC1=NCC2(CCN(c3cc(SNC4(C)CC4)cn4c(C(=N)SC(=N)C5(C#N)CC5)ncc34)CC2)O1. The molecule has 2 aliphatic carbocycles. The normalized spacial score (nSPS) is 22.7. The van der Waals surface area contributed by atoms with E-state index in [0.717, 1.165) is 66.2 Å². The van der Waals surface area contributed by atoms with Gasteiger partial charge in [-0.2, -0.15) is 5.26 Å². The van der Waals surface area contributed by atoms with Crippen LogP contribution < -0.4 is 9.62 Å². The second kappa shape index (κ2) is 8.50. The predicted molar refractivity (Wildman–Crippen MR) is 144 cm³/mol. The lowest BCUT2D eigenvalue weighted by molar-refractivity contribution is 0.0597. The minimum absolute atomic E-state index is 0.171. The van der Waals surface area contributed by atoms with Gasteiger partial charge in [-0.05, 0) is 50.6 Å². The highest BCUT2D eigenvalue weighted by molar-refractivity contribution is 8.26. The van der Waals surface area contributed by atoms with E-state index in [4.69, 9.17) is 15.6 Å². The van der Waals surface area contributed by atoms with Crippen molar-refractivity contribution in [3.8, 4) is 6.07 Å². The first kappa shape index (κ1) is 23.8. The molecule has 4 heterocycles. The highest BCUT2D eigenvalue weighted by Crippen LogP contribution is 2.49. The number of aliphatic imine (C=N–C) groups is 1. The van der Waals surface area contributed by atoms with E-state index < -0.39 is 5.41 Å². The Morgan fingerprint density at radius 3 is 2.56 bits per heavy atom. The van der Waals surface area contributed by atoms with Crippen molar-refractivity contribution in [3.63, 3.8) is 0 Å². The monoisotopic (exact) mass is 522 g/mol. The zero-order valence-electron chi connectivity index (χ0n) is 20.6. The average molecular weight is 523 g/mol. The molecule has 0 amide bonds. The Morgan fingerprint density at radius 1 is 1.19 bits per heavy atom. The Bertz CT molecular complexity index is 1330. The van der Waals surface area contributed by atoms with Gasteiger partial charge in [0.1, 0.15) is 16.1 Å². The molecule has 2 aliphatic heterocycles. The molecule has 1 saturated heterocycles. The third-order valence-electron chi connectivity index (χ3n) is 7.79. The highest BCUT2D eigenvalue weighted by Gasteiger charge is 2.48. The first-order valence-electron chi connectivity index (χ1n) is 12.4. The lowest BCUT2D eigenvalue weighted by Gasteiger charge is -2.39. The van der Waals surface area contributed by atoms with Crippen LogP contribution in [0.4, 0.5) is 5.69 Å². The number of aromatic nitrogens is 2. The van der Waals surface area contributed by atoms with Gasteiger partial charge in [-0.15, -0.1) is 0 Å². The van der Waals surface area contributed by atoms with Crippen molar-refractivity contribution in [1.29, 1.82) is 16.1 Å². The third kappa shape index (κ3) is 4.29. The smallest absolute Gasteiger partial charge is 0.180 e. The second-order valence-corrected chi connectivity index (χ2v) is 12.6. The molecule has 36 heavy (non-hydrogen) atoms. The summed E-state index contributed by atoms with van der Waals surface area (Å²) in [6, 6.07) is 4.47. The Hall–Kier alpha value is -2.55. The molecule has 0 unspecified atom stereocenters. The summed E-state index contributed by atoms with van der Waals surface area (Å²) in [4.78, 5) is 12.6. The Morgan fingerprint density at radius 2 is 1.94 bits per heavy atom. The van der Waals surface area contributed by atoms with E-state index in [1.165, 1.54) is 12.8 Å². The summed E-state index contributed by atoms with van der Waals surface area (Å²) in [5.74, 6) is 1.29. The van der Waals surface area contributed by atoms with Crippen LogP contribution in [0.25, 0.3) is 5.52 Å². The van der Waals surface area contributed by atoms with Gasteiger partial charge in [0, 0.05) is 49.5 Å². The number of nitriles is 1. The topological polar surface area (TPSA) is 126 Å². The van der Waals surface area contributed by atoms with Gasteiger partial charge in [0.15, 0.2) is 11.7 Å². The largest absolute Gasteiger partial charge is 0.473 e. The van der Waals surface area contributed by atoms with E-state index in [2.05, 4.69) is 38.7 Å².